The number of hydrogen-bond donors (Lipinski definition) is 1. The Bertz CT molecular complexity index is 855. The van der Waals surface area contributed by atoms with E-state index in [9.17, 15) is 9.90 Å². The lowest BCUT2D eigenvalue weighted by molar-refractivity contribution is 0.0526. The monoisotopic (exact) mass is 297 g/mol. The Labute approximate surface area is 126 Å². The van der Waals surface area contributed by atoms with Crippen LogP contribution in [-0.2, 0) is 4.74 Å². The number of nitrogens with zero attached hydrogens (tertiary/aromatic N) is 3. The number of benzene rings is 2. The summed E-state index contributed by atoms with van der Waals surface area (Å²) in [5.41, 5.74) is 3.10. The minimum Gasteiger partial charge on any atom is -0.506 e. The van der Waals surface area contributed by atoms with Crippen molar-refractivity contribution in [1.29, 1.82) is 0 Å². The van der Waals surface area contributed by atoms with E-state index in [1.807, 2.05) is 6.92 Å². The molecule has 0 aliphatic rings. The lowest BCUT2D eigenvalue weighted by Gasteiger charge is -2.03. The first kappa shape index (κ1) is 14.1. The van der Waals surface area contributed by atoms with E-state index < -0.39 is 5.97 Å². The molecule has 22 heavy (non-hydrogen) atoms. The summed E-state index contributed by atoms with van der Waals surface area (Å²) in [5, 5.41) is 18.6. The van der Waals surface area contributed by atoms with Gasteiger partial charge in [-0.05, 0) is 49.7 Å². The molecule has 3 rings (SSSR count). The molecule has 6 nitrogen and oxygen atoms in total. The van der Waals surface area contributed by atoms with E-state index in [-0.39, 0.29) is 5.75 Å². The predicted molar refractivity (Wildman–Crippen MR) is 81.2 cm³/mol. The van der Waals surface area contributed by atoms with Gasteiger partial charge in [-0.1, -0.05) is 6.07 Å². The maximum Gasteiger partial charge on any atom is 0.338 e. The van der Waals surface area contributed by atoms with Gasteiger partial charge in [-0.25, -0.2) is 4.79 Å². The van der Waals surface area contributed by atoms with Gasteiger partial charge in [0.2, 0.25) is 0 Å². The quantitative estimate of drug-likeness (QED) is 0.752. The zero-order valence-electron chi connectivity index (χ0n) is 12.3. The number of esters is 1. The minimum atomic E-state index is -0.391. The molecule has 112 valence electrons. The Kier molecular flexibility index (Phi) is 3.50. The second-order valence-electron chi connectivity index (χ2n) is 4.91. The Balaban J connectivity index is 2.06. The van der Waals surface area contributed by atoms with Crippen molar-refractivity contribution in [3.63, 3.8) is 0 Å². The normalized spacial score (nSPS) is 10.8. The van der Waals surface area contributed by atoms with Crippen LogP contribution in [0.25, 0.3) is 16.7 Å². The zero-order valence-corrected chi connectivity index (χ0v) is 12.3. The molecule has 3 aromatic rings. The summed E-state index contributed by atoms with van der Waals surface area (Å²) in [5.74, 6) is -0.297. The molecule has 0 bridgehead atoms. The van der Waals surface area contributed by atoms with E-state index in [0.717, 1.165) is 5.56 Å². The Hall–Kier alpha value is -2.89. The van der Waals surface area contributed by atoms with Gasteiger partial charge in [0.25, 0.3) is 0 Å². The van der Waals surface area contributed by atoms with Crippen LogP contribution in [0.1, 0.15) is 22.8 Å². The molecule has 6 heteroatoms. The number of fused-ring (bicyclic) bond motifs is 1. The van der Waals surface area contributed by atoms with Gasteiger partial charge in [-0.15, -0.1) is 15.0 Å². The van der Waals surface area contributed by atoms with Gasteiger partial charge in [-0.2, -0.15) is 0 Å². The summed E-state index contributed by atoms with van der Waals surface area (Å²) >= 11 is 0. The van der Waals surface area contributed by atoms with Crippen molar-refractivity contribution in [2.24, 2.45) is 0 Å². The topological polar surface area (TPSA) is 77.2 Å². The average molecular weight is 297 g/mol. The minimum absolute atomic E-state index is 0.0940. The molecule has 0 amide bonds. The fourth-order valence-corrected chi connectivity index (χ4v) is 2.16. The van der Waals surface area contributed by atoms with E-state index in [1.54, 1.807) is 43.3 Å². The molecule has 1 N–H and O–H groups in total. The predicted octanol–water partition coefficient (Wildman–Crippen LogP) is 2.61. The zero-order chi connectivity index (χ0) is 15.7. The number of carbonyl (C=O) groups is 1. The van der Waals surface area contributed by atoms with Crippen molar-refractivity contribution in [3.8, 4) is 11.4 Å². The summed E-state index contributed by atoms with van der Waals surface area (Å²) in [6, 6.07) is 10.2. The van der Waals surface area contributed by atoms with E-state index in [0.29, 0.717) is 28.9 Å². The third-order valence-electron chi connectivity index (χ3n) is 3.24. The molecule has 0 saturated carbocycles. The van der Waals surface area contributed by atoms with E-state index in [4.69, 9.17) is 4.74 Å². The molecule has 0 atom stereocenters. The lowest BCUT2D eigenvalue weighted by Crippen LogP contribution is -2.04. The second-order valence-corrected chi connectivity index (χ2v) is 4.91. The highest BCUT2D eigenvalue weighted by molar-refractivity contribution is 5.93. The Morgan fingerprint density at radius 3 is 2.73 bits per heavy atom. The summed E-state index contributed by atoms with van der Waals surface area (Å²) in [4.78, 5) is 13.1. The van der Waals surface area contributed by atoms with Crippen LogP contribution in [0.15, 0.2) is 36.4 Å². The molecule has 0 unspecified atom stereocenters. The Morgan fingerprint density at radius 2 is 1.95 bits per heavy atom. The van der Waals surface area contributed by atoms with Crippen LogP contribution in [0.2, 0.25) is 0 Å². The number of phenols is 1. The number of rotatable bonds is 3. The molecule has 2 aromatic carbocycles. The standard InChI is InChI=1S/C16H15N3O3/c1-3-22-16(21)11-5-6-12-13(9-11)18-19(17-12)14-8-10(2)4-7-15(14)20/h4-9,20H,3H2,1-2H3. The highest BCUT2D eigenvalue weighted by atomic mass is 16.5. The molecular weight excluding hydrogens is 282 g/mol. The summed E-state index contributed by atoms with van der Waals surface area (Å²) in [7, 11) is 0. The molecule has 1 aromatic heterocycles. The largest absolute Gasteiger partial charge is 0.506 e. The van der Waals surface area contributed by atoms with Gasteiger partial charge < -0.3 is 9.84 Å². The van der Waals surface area contributed by atoms with Crippen LogP contribution in [0.4, 0.5) is 0 Å². The Morgan fingerprint density at radius 1 is 1.18 bits per heavy atom. The second kappa shape index (κ2) is 5.48. The van der Waals surface area contributed by atoms with Crippen molar-refractivity contribution in [3.05, 3.63) is 47.5 Å². The number of ether oxygens (including phenoxy) is 1. The van der Waals surface area contributed by atoms with Gasteiger partial charge >= 0.3 is 5.97 Å². The number of hydrogen-bond acceptors (Lipinski definition) is 5. The van der Waals surface area contributed by atoms with Gasteiger partial charge in [0.15, 0.2) is 0 Å². The first-order chi connectivity index (χ1) is 10.6. The molecule has 0 spiro atoms. The molecule has 0 aliphatic heterocycles. The molecule has 1 heterocycles. The number of aryl methyl sites for hydroxylation is 1. The lowest BCUT2D eigenvalue weighted by atomic mass is 10.2. The van der Waals surface area contributed by atoms with E-state index in [1.165, 1.54) is 4.80 Å². The van der Waals surface area contributed by atoms with Gasteiger partial charge in [0.1, 0.15) is 22.5 Å². The van der Waals surface area contributed by atoms with Crippen molar-refractivity contribution in [2.75, 3.05) is 6.61 Å². The average Bonchev–Trinajstić information content (AvgIpc) is 2.92. The molecule has 0 fully saturated rings. The van der Waals surface area contributed by atoms with Gasteiger partial charge in [-0.3, -0.25) is 0 Å². The third kappa shape index (κ3) is 2.50. The molecule has 0 aliphatic carbocycles. The smallest absolute Gasteiger partial charge is 0.338 e. The fraction of sp³-hybridized carbons (Fsp3) is 0.188. The highest BCUT2D eigenvalue weighted by Crippen LogP contribution is 2.23. The van der Waals surface area contributed by atoms with Crippen LogP contribution >= 0.6 is 0 Å². The number of carbonyl (C=O) groups excluding carboxylic acids is 1. The van der Waals surface area contributed by atoms with Crippen LogP contribution in [-0.4, -0.2) is 32.7 Å². The van der Waals surface area contributed by atoms with Crippen LogP contribution in [0.5, 0.6) is 5.75 Å². The first-order valence-corrected chi connectivity index (χ1v) is 6.92. The number of aromatic nitrogens is 3. The fourth-order valence-electron chi connectivity index (χ4n) is 2.16. The molecule has 0 saturated heterocycles. The van der Waals surface area contributed by atoms with Crippen molar-refractivity contribution >= 4 is 17.0 Å². The first-order valence-electron chi connectivity index (χ1n) is 6.92. The van der Waals surface area contributed by atoms with Gasteiger partial charge in [0.05, 0.1) is 12.2 Å². The van der Waals surface area contributed by atoms with Crippen molar-refractivity contribution < 1.29 is 14.6 Å². The SMILES string of the molecule is CCOC(=O)c1ccc2nn(-c3cc(C)ccc3O)nc2c1. The summed E-state index contributed by atoms with van der Waals surface area (Å²) in [6.07, 6.45) is 0. The summed E-state index contributed by atoms with van der Waals surface area (Å²) in [6.45, 7) is 4.00. The van der Waals surface area contributed by atoms with Gasteiger partial charge in [0, 0.05) is 0 Å². The van der Waals surface area contributed by atoms with Crippen LogP contribution in [0.3, 0.4) is 0 Å². The van der Waals surface area contributed by atoms with Crippen molar-refractivity contribution in [2.45, 2.75) is 13.8 Å². The number of phenolic OH excluding ortho intramolecular Hbond substituents is 1. The summed E-state index contributed by atoms with van der Waals surface area (Å²) < 4.78 is 4.97. The molecule has 0 radical (unpaired) electrons. The number of aromatic hydroxyl groups is 1. The highest BCUT2D eigenvalue weighted by Gasteiger charge is 2.12. The van der Waals surface area contributed by atoms with Crippen molar-refractivity contribution in [1.82, 2.24) is 15.0 Å². The maximum absolute atomic E-state index is 11.7. The van der Waals surface area contributed by atoms with E-state index >= 15 is 0 Å². The molecular formula is C16H15N3O3. The maximum atomic E-state index is 11.7. The van der Waals surface area contributed by atoms with Crippen LogP contribution < -0.4 is 0 Å². The van der Waals surface area contributed by atoms with Crippen LogP contribution in [0, 0.1) is 6.92 Å². The third-order valence-corrected chi connectivity index (χ3v) is 3.24. The van der Waals surface area contributed by atoms with E-state index in [2.05, 4.69) is 10.2 Å².